The van der Waals surface area contributed by atoms with Crippen LogP contribution in [0.1, 0.15) is 11.5 Å². The fraction of sp³-hybridized carbons (Fsp3) is 0.333. The molecule has 3 rings (SSSR count). The number of sulfonamides is 1. The van der Waals surface area contributed by atoms with Crippen LogP contribution in [0.4, 0.5) is 0 Å². The Labute approximate surface area is 148 Å². The number of hydrogen-bond acceptors (Lipinski definition) is 5. The Balaban J connectivity index is 1.97. The Bertz CT molecular complexity index is 817. The van der Waals surface area contributed by atoms with Crippen LogP contribution in [0.5, 0.6) is 11.5 Å². The SMILES string of the molecule is COc1cccc(OC)c1S(=O)(=O)N1C[C@@H](N)[C@H](c2ccccc2)C1. The third kappa shape index (κ3) is 3.22. The van der Waals surface area contributed by atoms with E-state index in [1.54, 1.807) is 18.2 Å². The highest BCUT2D eigenvalue weighted by atomic mass is 32.2. The van der Waals surface area contributed by atoms with E-state index < -0.39 is 10.0 Å². The molecule has 0 aliphatic carbocycles. The number of nitrogens with zero attached hydrogens (tertiary/aromatic N) is 1. The molecule has 7 heteroatoms. The summed E-state index contributed by atoms with van der Waals surface area (Å²) < 4.78 is 38.4. The van der Waals surface area contributed by atoms with Crippen molar-refractivity contribution in [2.24, 2.45) is 5.73 Å². The molecule has 2 aromatic rings. The lowest BCUT2D eigenvalue weighted by Crippen LogP contribution is -2.32. The summed E-state index contributed by atoms with van der Waals surface area (Å²) in [6, 6.07) is 14.4. The van der Waals surface area contributed by atoms with Crippen molar-refractivity contribution in [1.29, 1.82) is 0 Å². The standard InChI is InChI=1S/C18H22N2O4S/c1-23-16-9-6-10-17(24-2)18(16)25(21,22)20-11-14(15(19)12-20)13-7-4-3-5-8-13/h3-10,14-15H,11-12,19H2,1-2H3/t14-,15+/m0/s1. The minimum Gasteiger partial charge on any atom is -0.495 e. The van der Waals surface area contributed by atoms with E-state index in [1.165, 1.54) is 18.5 Å². The Morgan fingerprint density at radius 3 is 2.12 bits per heavy atom. The highest BCUT2D eigenvalue weighted by molar-refractivity contribution is 7.89. The van der Waals surface area contributed by atoms with Crippen LogP contribution < -0.4 is 15.2 Å². The summed E-state index contributed by atoms with van der Waals surface area (Å²) in [6.45, 7) is 0.581. The third-order valence-electron chi connectivity index (χ3n) is 4.54. The van der Waals surface area contributed by atoms with Crippen LogP contribution >= 0.6 is 0 Å². The average Bonchev–Trinajstić information content (AvgIpc) is 3.04. The molecular weight excluding hydrogens is 340 g/mol. The van der Waals surface area contributed by atoms with Gasteiger partial charge in [-0.25, -0.2) is 8.42 Å². The van der Waals surface area contributed by atoms with Crippen LogP contribution in [0.15, 0.2) is 53.4 Å². The second-order valence-corrected chi connectivity index (χ2v) is 7.87. The lowest BCUT2D eigenvalue weighted by Gasteiger charge is -2.20. The van der Waals surface area contributed by atoms with Gasteiger partial charge in [-0.05, 0) is 17.7 Å². The molecule has 2 N–H and O–H groups in total. The van der Waals surface area contributed by atoms with Gasteiger partial charge in [-0.2, -0.15) is 4.31 Å². The fourth-order valence-electron chi connectivity index (χ4n) is 3.24. The normalized spacial score (nSPS) is 21.2. The van der Waals surface area contributed by atoms with Crippen molar-refractivity contribution < 1.29 is 17.9 Å². The van der Waals surface area contributed by atoms with Gasteiger partial charge in [0.05, 0.1) is 14.2 Å². The number of rotatable bonds is 5. The highest BCUT2D eigenvalue weighted by Gasteiger charge is 2.40. The molecule has 25 heavy (non-hydrogen) atoms. The lowest BCUT2D eigenvalue weighted by atomic mass is 9.95. The molecule has 0 spiro atoms. The van der Waals surface area contributed by atoms with Crippen molar-refractivity contribution in [3.8, 4) is 11.5 Å². The Morgan fingerprint density at radius 2 is 1.56 bits per heavy atom. The Morgan fingerprint density at radius 1 is 0.960 bits per heavy atom. The van der Waals surface area contributed by atoms with Gasteiger partial charge >= 0.3 is 0 Å². The van der Waals surface area contributed by atoms with Crippen LogP contribution in [-0.2, 0) is 10.0 Å². The van der Waals surface area contributed by atoms with Gasteiger partial charge in [0, 0.05) is 25.0 Å². The maximum atomic E-state index is 13.2. The van der Waals surface area contributed by atoms with E-state index in [-0.39, 0.29) is 34.9 Å². The summed E-state index contributed by atoms with van der Waals surface area (Å²) in [5.74, 6) is 0.476. The van der Waals surface area contributed by atoms with Gasteiger partial charge in [0.2, 0.25) is 0 Å². The van der Waals surface area contributed by atoms with Crippen molar-refractivity contribution in [1.82, 2.24) is 4.31 Å². The summed E-state index contributed by atoms with van der Waals surface area (Å²) >= 11 is 0. The van der Waals surface area contributed by atoms with Crippen molar-refractivity contribution in [3.05, 3.63) is 54.1 Å². The van der Waals surface area contributed by atoms with Crippen molar-refractivity contribution in [2.75, 3.05) is 27.3 Å². The van der Waals surface area contributed by atoms with E-state index in [0.29, 0.717) is 6.54 Å². The molecule has 0 aromatic heterocycles. The van der Waals surface area contributed by atoms with E-state index in [2.05, 4.69) is 0 Å². The zero-order valence-electron chi connectivity index (χ0n) is 14.3. The minimum atomic E-state index is -3.79. The number of methoxy groups -OCH3 is 2. The van der Waals surface area contributed by atoms with Crippen molar-refractivity contribution in [2.45, 2.75) is 16.9 Å². The van der Waals surface area contributed by atoms with Gasteiger partial charge in [-0.15, -0.1) is 0 Å². The van der Waals surface area contributed by atoms with E-state index in [1.807, 2.05) is 30.3 Å². The molecule has 6 nitrogen and oxygen atoms in total. The quantitative estimate of drug-likeness (QED) is 0.877. The lowest BCUT2D eigenvalue weighted by molar-refractivity contribution is 0.368. The van der Waals surface area contributed by atoms with Crippen LogP contribution in [-0.4, -0.2) is 46.1 Å². The number of benzene rings is 2. The molecule has 0 saturated carbocycles. The van der Waals surface area contributed by atoms with Gasteiger partial charge in [0.25, 0.3) is 10.0 Å². The van der Waals surface area contributed by atoms with Crippen LogP contribution in [0, 0.1) is 0 Å². The summed E-state index contributed by atoms with van der Waals surface area (Å²) in [6.07, 6.45) is 0. The van der Waals surface area contributed by atoms with E-state index in [0.717, 1.165) is 5.56 Å². The molecule has 2 aromatic carbocycles. The van der Waals surface area contributed by atoms with Gasteiger partial charge in [0.1, 0.15) is 11.5 Å². The van der Waals surface area contributed by atoms with Gasteiger partial charge < -0.3 is 15.2 Å². The Kier molecular flexibility index (Phi) is 4.99. The monoisotopic (exact) mass is 362 g/mol. The maximum Gasteiger partial charge on any atom is 0.250 e. The minimum absolute atomic E-state index is 0.0425. The molecule has 2 atom stereocenters. The van der Waals surface area contributed by atoms with Crippen molar-refractivity contribution in [3.63, 3.8) is 0 Å². The molecule has 0 bridgehead atoms. The molecule has 0 radical (unpaired) electrons. The largest absolute Gasteiger partial charge is 0.495 e. The first-order valence-corrected chi connectivity index (χ1v) is 9.44. The fourth-order valence-corrected chi connectivity index (χ4v) is 5.04. The molecule has 1 heterocycles. The molecule has 0 amide bonds. The summed E-state index contributed by atoms with van der Waals surface area (Å²) in [5, 5.41) is 0. The first-order chi connectivity index (χ1) is 12.0. The molecule has 134 valence electrons. The molecule has 1 aliphatic rings. The summed E-state index contributed by atoms with van der Waals surface area (Å²) in [5.41, 5.74) is 7.29. The summed E-state index contributed by atoms with van der Waals surface area (Å²) in [4.78, 5) is 0.0425. The third-order valence-corrected chi connectivity index (χ3v) is 6.44. The number of nitrogens with two attached hydrogens (primary N) is 1. The van der Waals surface area contributed by atoms with Crippen LogP contribution in [0.25, 0.3) is 0 Å². The predicted molar refractivity (Wildman–Crippen MR) is 95.5 cm³/mol. The first kappa shape index (κ1) is 17.7. The summed E-state index contributed by atoms with van der Waals surface area (Å²) in [7, 11) is -0.913. The number of ether oxygens (including phenoxy) is 2. The molecule has 0 unspecified atom stereocenters. The molecule has 1 fully saturated rings. The van der Waals surface area contributed by atoms with Crippen molar-refractivity contribution >= 4 is 10.0 Å². The zero-order valence-corrected chi connectivity index (χ0v) is 15.1. The highest BCUT2D eigenvalue weighted by Crippen LogP contribution is 2.38. The topological polar surface area (TPSA) is 81.9 Å². The second-order valence-electron chi connectivity index (χ2n) is 5.99. The van der Waals surface area contributed by atoms with E-state index in [4.69, 9.17) is 15.2 Å². The van der Waals surface area contributed by atoms with E-state index >= 15 is 0 Å². The van der Waals surface area contributed by atoms with Crippen LogP contribution in [0.3, 0.4) is 0 Å². The Hall–Kier alpha value is -2.09. The molecular formula is C18H22N2O4S. The smallest absolute Gasteiger partial charge is 0.250 e. The van der Waals surface area contributed by atoms with Gasteiger partial charge in [0.15, 0.2) is 4.90 Å². The molecule has 1 aliphatic heterocycles. The first-order valence-electron chi connectivity index (χ1n) is 8.00. The molecule has 1 saturated heterocycles. The van der Waals surface area contributed by atoms with Gasteiger partial charge in [-0.1, -0.05) is 36.4 Å². The number of hydrogen-bond donors (Lipinski definition) is 1. The van der Waals surface area contributed by atoms with E-state index in [9.17, 15) is 8.42 Å². The second kappa shape index (κ2) is 7.03. The van der Waals surface area contributed by atoms with Gasteiger partial charge in [-0.3, -0.25) is 0 Å². The predicted octanol–water partition coefficient (Wildman–Crippen LogP) is 1.82. The van der Waals surface area contributed by atoms with Crippen LogP contribution in [0.2, 0.25) is 0 Å². The zero-order chi connectivity index (χ0) is 18.0. The average molecular weight is 362 g/mol. The maximum absolute atomic E-state index is 13.2.